The molecule has 1 N–H and O–H groups in total. The molecule has 3 heterocycles. The molecule has 1 fully saturated rings. The Morgan fingerprint density at radius 1 is 1.32 bits per heavy atom. The Morgan fingerprint density at radius 3 is 2.82 bits per heavy atom. The summed E-state index contributed by atoms with van der Waals surface area (Å²) in [4.78, 5) is 18.5. The van der Waals surface area contributed by atoms with Crippen molar-refractivity contribution in [2.24, 2.45) is 5.92 Å². The van der Waals surface area contributed by atoms with Gasteiger partial charge in [-0.2, -0.15) is 4.98 Å². The molecule has 0 atom stereocenters. The number of piperidine rings is 1. The third kappa shape index (κ3) is 3.55. The quantitative estimate of drug-likeness (QED) is 0.918. The number of ether oxygens (including phenoxy) is 1. The van der Waals surface area contributed by atoms with Crippen LogP contribution >= 0.6 is 0 Å². The summed E-state index contributed by atoms with van der Waals surface area (Å²) >= 11 is 0. The standard InChI is InChI=1S/C16H23N5O/c1-3-22-16-9-15(19-12(2)20-16)21-6-4-13(5-7-21)8-14-10-17-11-18-14/h9-11,13H,3-8H2,1-2H3,(H,17,18). The van der Waals surface area contributed by atoms with Crippen LogP contribution in [0.3, 0.4) is 0 Å². The zero-order valence-corrected chi connectivity index (χ0v) is 13.2. The van der Waals surface area contributed by atoms with E-state index in [-0.39, 0.29) is 0 Å². The maximum absolute atomic E-state index is 5.52. The first-order chi connectivity index (χ1) is 10.7. The SMILES string of the molecule is CCOc1cc(N2CCC(Cc3cnc[nH]3)CC2)nc(C)n1. The average Bonchev–Trinajstić information content (AvgIpc) is 3.01. The molecule has 2 aromatic heterocycles. The third-order valence-electron chi connectivity index (χ3n) is 4.10. The van der Waals surface area contributed by atoms with Gasteiger partial charge < -0.3 is 14.6 Å². The van der Waals surface area contributed by atoms with Crippen molar-refractivity contribution in [2.45, 2.75) is 33.1 Å². The van der Waals surface area contributed by atoms with Crippen LogP contribution in [0.15, 0.2) is 18.6 Å². The lowest BCUT2D eigenvalue weighted by molar-refractivity contribution is 0.325. The molecule has 0 aliphatic carbocycles. The lowest BCUT2D eigenvalue weighted by Gasteiger charge is -2.32. The van der Waals surface area contributed by atoms with Crippen molar-refractivity contribution < 1.29 is 4.74 Å². The van der Waals surface area contributed by atoms with Crippen molar-refractivity contribution in [3.05, 3.63) is 30.1 Å². The van der Waals surface area contributed by atoms with Crippen molar-refractivity contribution in [1.29, 1.82) is 0 Å². The van der Waals surface area contributed by atoms with E-state index in [1.807, 2.05) is 26.1 Å². The number of hydrogen-bond acceptors (Lipinski definition) is 5. The maximum atomic E-state index is 5.52. The summed E-state index contributed by atoms with van der Waals surface area (Å²) < 4.78 is 5.52. The largest absolute Gasteiger partial charge is 0.478 e. The van der Waals surface area contributed by atoms with E-state index >= 15 is 0 Å². The molecule has 3 rings (SSSR count). The predicted molar refractivity (Wildman–Crippen MR) is 85.2 cm³/mol. The van der Waals surface area contributed by atoms with E-state index < -0.39 is 0 Å². The molecule has 0 radical (unpaired) electrons. The molecule has 6 nitrogen and oxygen atoms in total. The molecule has 0 aromatic carbocycles. The minimum atomic E-state index is 0.627. The lowest BCUT2D eigenvalue weighted by Crippen LogP contribution is -2.35. The topological polar surface area (TPSA) is 66.9 Å². The minimum Gasteiger partial charge on any atom is -0.478 e. The average molecular weight is 301 g/mol. The third-order valence-corrected chi connectivity index (χ3v) is 4.10. The van der Waals surface area contributed by atoms with Gasteiger partial charge in [0.15, 0.2) is 0 Å². The fourth-order valence-corrected chi connectivity index (χ4v) is 2.98. The second-order valence-electron chi connectivity index (χ2n) is 5.76. The van der Waals surface area contributed by atoms with E-state index in [4.69, 9.17) is 4.74 Å². The van der Waals surface area contributed by atoms with Gasteiger partial charge in [0.05, 0.1) is 12.9 Å². The highest BCUT2D eigenvalue weighted by molar-refractivity contribution is 5.42. The number of aromatic amines is 1. The molecule has 118 valence electrons. The van der Waals surface area contributed by atoms with Crippen LogP contribution in [-0.4, -0.2) is 39.6 Å². The van der Waals surface area contributed by atoms with E-state index in [1.54, 1.807) is 6.33 Å². The highest BCUT2D eigenvalue weighted by Gasteiger charge is 2.21. The first-order valence-corrected chi connectivity index (χ1v) is 7.95. The number of hydrogen-bond donors (Lipinski definition) is 1. The van der Waals surface area contributed by atoms with Gasteiger partial charge in [0.25, 0.3) is 0 Å². The van der Waals surface area contributed by atoms with Crippen molar-refractivity contribution in [1.82, 2.24) is 19.9 Å². The van der Waals surface area contributed by atoms with Gasteiger partial charge in [-0.1, -0.05) is 0 Å². The van der Waals surface area contributed by atoms with Gasteiger partial charge >= 0.3 is 0 Å². The molecule has 0 saturated carbocycles. The minimum absolute atomic E-state index is 0.627. The summed E-state index contributed by atoms with van der Waals surface area (Å²) in [6.07, 6.45) is 7.11. The number of H-pyrrole nitrogens is 1. The van der Waals surface area contributed by atoms with Crippen LogP contribution < -0.4 is 9.64 Å². The van der Waals surface area contributed by atoms with Crippen LogP contribution in [0.4, 0.5) is 5.82 Å². The van der Waals surface area contributed by atoms with Crippen LogP contribution in [0.25, 0.3) is 0 Å². The first kappa shape index (κ1) is 14.8. The Morgan fingerprint density at radius 2 is 2.14 bits per heavy atom. The number of anilines is 1. The van der Waals surface area contributed by atoms with Gasteiger partial charge in [-0.25, -0.2) is 9.97 Å². The highest BCUT2D eigenvalue weighted by Crippen LogP contribution is 2.25. The Kier molecular flexibility index (Phi) is 4.56. The van der Waals surface area contributed by atoms with Crippen LogP contribution in [0.1, 0.15) is 31.3 Å². The van der Waals surface area contributed by atoms with Gasteiger partial charge in [0, 0.05) is 31.0 Å². The zero-order chi connectivity index (χ0) is 15.4. The fourth-order valence-electron chi connectivity index (χ4n) is 2.98. The first-order valence-electron chi connectivity index (χ1n) is 7.95. The Hall–Kier alpha value is -2.11. The molecule has 1 saturated heterocycles. The number of imidazole rings is 1. The molecule has 2 aromatic rings. The number of aryl methyl sites for hydroxylation is 1. The van der Waals surface area contributed by atoms with Crippen LogP contribution in [0.2, 0.25) is 0 Å². The summed E-state index contributed by atoms with van der Waals surface area (Å²) in [5.74, 6) is 3.13. The molecule has 0 unspecified atom stereocenters. The van der Waals surface area contributed by atoms with Crippen LogP contribution in [-0.2, 0) is 6.42 Å². The Balaban J connectivity index is 1.61. The summed E-state index contributed by atoms with van der Waals surface area (Å²) in [6, 6.07) is 1.95. The summed E-state index contributed by atoms with van der Waals surface area (Å²) in [7, 11) is 0. The second-order valence-corrected chi connectivity index (χ2v) is 5.76. The van der Waals surface area contributed by atoms with E-state index in [1.165, 1.54) is 18.5 Å². The van der Waals surface area contributed by atoms with Crippen LogP contribution in [0.5, 0.6) is 5.88 Å². The summed E-state index contributed by atoms with van der Waals surface area (Å²) in [5.41, 5.74) is 1.23. The summed E-state index contributed by atoms with van der Waals surface area (Å²) in [5, 5.41) is 0. The lowest BCUT2D eigenvalue weighted by atomic mass is 9.92. The number of nitrogens with one attached hydrogen (secondary N) is 1. The smallest absolute Gasteiger partial charge is 0.218 e. The molecule has 0 amide bonds. The molecular formula is C16H23N5O. The van der Waals surface area contributed by atoms with Crippen molar-refractivity contribution >= 4 is 5.82 Å². The monoisotopic (exact) mass is 301 g/mol. The van der Waals surface area contributed by atoms with Crippen LogP contribution in [0, 0.1) is 12.8 Å². The predicted octanol–water partition coefficient (Wildman–Crippen LogP) is 2.37. The summed E-state index contributed by atoms with van der Waals surface area (Å²) in [6.45, 7) is 6.57. The molecule has 1 aliphatic rings. The van der Waals surface area contributed by atoms with Crippen molar-refractivity contribution in [2.75, 3.05) is 24.6 Å². The van der Waals surface area contributed by atoms with Gasteiger partial charge in [0.2, 0.25) is 5.88 Å². The molecule has 6 heteroatoms. The fraction of sp³-hybridized carbons (Fsp3) is 0.562. The Bertz CT molecular complexity index is 591. The van der Waals surface area contributed by atoms with E-state index in [9.17, 15) is 0 Å². The highest BCUT2D eigenvalue weighted by atomic mass is 16.5. The number of rotatable bonds is 5. The molecular weight excluding hydrogens is 278 g/mol. The molecule has 22 heavy (non-hydrogen) atoms. The van der Waals surface area contributed by atoms with Gasteiger partial charge in [-0.15, -0.1) is 0 Å². The number of aromatic nitrogens is 4. The van der Waals surface area contributed by atoms with Crippen molar-refractivity contribution in [3.63, 3.8) is 0 Å². The van der Waals surface area contributed by atoms with Crippen molar-refractivity contribution in [3.8, 4) is 5.88 Å². The molecule has 1 aliphatic heterocycles. The van der Waals surface area contributed by atoms with E-state index in [0.29, 0.717) is 18.4 Å². The van der Waals surface area contributed by atoms with Gasteiger partial charge in [0.1, 0.15) is 11.6 Å². The molecule has 0 bridgehead atoms. The van der Waals surface area contributed by atoms with E-state index in [0.717, 1.165) is 31.2 Å². The Labute approximate surface area is 131 Å². The molecule has 0 spiro atoms. The zero-order valence-electron chi connectivity index (χ0n) is 13.2. The van der Waals surface area contributed by atoms with E-state index in [2.05, 4.69) is 24.8 Å². The second kappa shape index (κ2) is 6.77. The maximum Gasteiger partial charge on any atom is 0.218 e. The normalized spacial score (nSPS) is 16.0. The number of nitrogens with zero attached hydrogens (tertiary/aromatic N) is 4. The van der Waals surface area contributed by atoms with Gasteiger partial charge in [-0.3, -0.25) is 0 Å². The van der Waals surface area contributed by atoms with Gasteiger partial charge in [-0.05, 0) is 39.0 Å².